The molecule has 0 bridgehead atoms. The van der Waals surface area contributed by atoms with Crippen molar-refractivity contribution in [1.29, 1.82) is 0 Å². The SMILES string of the molecule is CC(NCC(=O)N1CCCCCC1)c1cccc(F)c1. The van der Waals surface area contributed by atoms with Crippen LogP contribution in [-0.4, -0.2) is 30.4 Å². The van der Waals surface area contributed by atoms with Crippen molar-refractivity contribution in [3.05, 3.63) is 35.6 Å². The van der Waals surface area contributed by atoms with Crippen molar-refractivity contribution in [1.82, 2.24) is 10.2 Å². The first-order chi connectivity index (χ1) is 9.66. The van der Waals surface area contributed by atoms with E-state index in [0.717, 1.165) is 31.5 Å². The Morgan fingerprint density at radius 1 is 1.30 bits per heavy atom. The number of nitrogens with one attached hydrogen (secondary N) is 1. The zero-order valence-corrected chi connectivity index (χ0v) is 12.1. The van der Waals surface area contributed by atoms with Crippen molar-refractivity contribution in [3.63, 3.8) is 0 Å². The Hall–Kier alpha value is -1.42. The molecule has 1 aliphatic rings. The quantitative estimate of drug-likeness (QED) is 0.918. The molecule has 0 aliphatic carbocycles. The largest absolute Gasteiger partial charge is 0.342 e. The highest BCUT2D eigenvalue weighted by Gasteiger charge is 2.16. The van der Waals surface area contributed by atoms with Crippen LogP contribution in [-0.2, 0) is 4.79 Å². The van der Waals surface area contributed by atoms with Crippen molar-refractivity contribution in [3.8, 4) is 0 Å². The molecule has 0 spiro atoms. The molecule has 1 heterocycles. The molecule has 2 rings (SSSR count). The van der Waals surface area contributed by atoms with Crippen LogP contribution in [0.4, 0.5) is 4.39 Å². The van der Waals surface area contributed by atoms with Gasteiger partial charge in [-0.2, -0.15) is 0 Å². The molecule has 4 heteroatoms. The normalized spacial score (nSPS) is 17.6. The molecule has 1 atom stereocenters. The van der Waals surface area contributed by atoms with Crippen LogP contribution in [0.2, 0.25) is 0 Å². The highest BCUT2D eigenvalue weighted by molar-refractivity contribution is 5.78. The monoisotopic (exact) mass is 278 g/mol. The van der Waals surface area contributed by atoms with Crippen LogP contribution in [0.25, 0.3) is 0 Å². The van der Waals surface area contributed by atoms with Crippen molar-refractivity contribution in [2.75, 3.05) is 19.6 Å². The molecule has 1 fully saturated rings. The first-order valence-electron chi connectivity index (χ1n) is 7.43. The van der Waals surface area contributed by atoms with E-state index < -0.39 is 0 Å². The lowest BCUT2D eigenvalue weighted by Gasteiger charge is -2.22. The van der Waals surface area contributed by atoms with Gasteiger partial charge in [0.25, 0.3) is 0 Å². The molecule has 110 valence electrons. The van der Waals surface area contributed by atoms with E-state index in [1.807, 2.05) is 17.9 Å². The van der Waals surface area contributed by atoms with E-state index in [1.54, 1.807) is 6.07 Å². The Morgan fingerprint density at radius 3 is 2.65 bits per heavy atom. The summed E-state index contributed by atoms with van der Waals surface area (Å²) < 4.78 is 13.2. The average molecular weight is 278 g/mol. The molecule has 1 aliphatic heterocycles. The van der Waals surface area contributed by atoms with E-state index in [1.165, 1.54) is 25.0 Å². The van der Waals surface area contributed by atoms with Gasteiger partial charge in [0.1, 0.15) is 5.82 Å². The van der Waals surface area contributed by atoms with Crippen LogP contribution >= 0.6 is 0 Å². The minimum absolute atomic E-state index is 0.0263. The number of likely N-dealkylation sites (tertiary alicyclic amines) is 1. The van der Waals surface area contributed by atoms with Gasteiger partial charge in [0.15, 0.2) is 0 Å². The lowest BCUT2D eigenvalue weighted by molar-refractivity contribution is -0.130. The Kier molecular flexibility index (Phi) is 5.53. The highest BCUT2D eigenvalue weighted by Crippen LogP contribution is 2.14. The molecule has 3 nitrogen and oxygen atoms in total. The van der Waals surface area contributed by atoms with Crippen LogP contribution in [0.1, 0.15) is 44.2 Å². The lowest BCUT2D eigenvalue weighted by atomic mass is 10.1. The Morgan fingerprint density at radius 2 is 2.00 bits per heavy atom. The Labute approximate surface area is 120 Å². The molecule has 20 heavy (non-hydrogen) atoms. The number of hydrogen-bond donors (Lipinski definition) is 1. The van der Waals surface area contributed by atoms with E-state index in [-0.39, 0.29) is 17.8 Å². The third-order valence-corrected chi connectivity index (χ3v) is 3.87. The summed E-state index contributed by atoms with van der Waals surface area (Å²) in [5.74, 6) is -0.0925. The molecule has 1 saturated heterocycles. The zero-order valence-electron chi connectivity index (χ0n) is 12.1. The van der Waals surface area contributed by atoms with E-state index in [0.29, 0.717) is 6.54 Å². The smallest absolute Gasteiger partial charge is 0.236 e. The second kappa shape index (κ2) is 7.39. The number of benzene rings is 1. The number of hydrogen-bond acceptors (Lipinski definition) is 2. The first kappa shape index (κ1) is 15.0. The molecule has 0 radical (unpaired) electrons. The summed E-state index contributed by atoms with van der Waals surface area (Å²) in [6.07, 6.45) is 4.64. The van der Waals surface area contributed by atoms with Crippen molar-refractivity contribution >= 4 is 5.91 Å². The first-order valence-corrected chi connectivity index (χ1v) is 7.43. The summed E-state index contributed by atoms with van der Waals surface area (Å²) >= 11 is 0. The van der Waals surface area contributed by atoms with Crippen LogP contribution in [0.3, 0.4) is 0 Å². The van der Waals surface area contributed by atoms with Gasteiger partial charge in [-0.3, -0.25) is 4.79 Å². The molecule has 1 amide bonds. The van der Waals surface area contributed by atoms with Gasteiger partial charge in [-0.05, 0) is 37.5 Å². The zero-order chi connectivity index (χ0) is 14.4. The summed E-state index contributed by atoms with van der Waals surface area (Å²) in [5, 5.41) is 3.19. The molecule has 0 aromatic heterocycles. The van der Waals surface area contributed by atoms with Gasteiger partial charge in [-0.15, -0.1) is 0 Å². The summed E-state index contributed by atoms with van der Waals surface area (Å²) in [7, 11) is 0. The van der Waals surface area contributed by atoms with E-state index in [4.69, 9.17) is 0 Å². The lowest BCUT2D eigenvalue weighted by Crippen LogP contribution is -2.39. The fourth-order valence-electron chi connectivity index (χ4n) is 2.57. The predicted octanol–water partition coefficient (Wildman–Crippen LogP) is 2.88. The third kappa shape index (κ3) is 4.30. The van der Waals surface area contributed by atoms with E-state index in [9.17, 15) is 9.18 Å². The maximum absolute atomic E-state index is 13.2. The summed E-state index contributed by atoms with van der Waals surface area (Å²) in [5.41, 5.74) is 0.869. The standard InChI is InChI=1S/C16H23FN2O/c1-13(14-7-6-8-15(17)11-14)18-12-16(20)19-9-4-2-3-5-10-19/h6-8,11,13,18H,2-5,9-10,12H2,1H3. The topological polar surface area (TPSA) is 32.3 Å². The van der Waals surface area contributed by atoms with Gasteiger partial charge in [0, 0.05) is 19.1 Å². The van der Waals surface area contributed by atoms with Gasteiger partial charge in [0.05, 0.1) is 6.54 Å². The van der Waals surface area contributed by atoms with Gasteiger partial charge in [-0.1, -0.05) is 25.0 Å². The van der Waals surface area contributed by atoms with Crippen molar-refractivity contribution < 1.29 is 9.18 Å². The van der Waals surface area contributed by atoms with Gasteiger partial charge >= 0.3 is 0 Å². The van der Waals surface area contributed by atoms with E-state index >= 15 is 0 Å². The van der Waals surface area contributed by atoms with Gasteiger partial charge in [0.2, 0.25) is 5.91 Å². The summed E-state index contributed by atoms with van der Waals surface area (Å²) in [4.78, 5) is 14.1. The number of rotatable bonds is 4. The Bertz CT molecular complexity index is 442. The van der Waals surface area contributed by atoms with Crippen LogP contribution < -0.4 is 5.32 Å². The second-order valence-corrected chi connectivity index (χ2v) is 5.45. The molecule has 1 aromatic rings. The predicted molar refractivity (Wildman–Crippen MR) is 77.9 cm³/mol. The summed E-state index contributed by atoms with van der Waals surface area (Å²) in [6, 6.07) is 6.48. The molecule has 1 aromatic carbocycles. The fourth-order valence-corrected chi connectivity index (χ4v) is 2.57. The molecular weight excluding hydrogens is 255 g/mol. The number of carbonyl (C=O) groups excluding carboxylic acids is 1. The summed E-state index contributed by atoms with van der Waals surface area (Å²) in [6.45, 7) is 4.01. The van der Waals surface area contributed by atoms with Crippen molar-refractivity contribution in [2.24, 2.45) is 0 Å². The molecular formula is C16H23FN2O. The highest BCUT2D eigenvalue weighted by atomic mass is 19.1. The van der Waals surface area contributed by atoms with Crippen LogP contribution in [0.15, 0.2) is 24.3 Å². The number of amides is 1. The molecule has 1 N–H and O–H groups in total. The number of halogens is 1. The number of nitrogens with zero attached hydrogens (tertiary/aromatic N) is 1. The Balaban J connectivity index is 1.83. The fraction of sp³-hybridized carbons (Fsp3) is 0.562. The number of carbonyl (C=O) groups is 1. The van der Waals surface area contributed by atoms with Crippen molar-refractivity contribution in [2.45, 2.75) is 38.6 Å². The maximum Gasteiger partial charge on any atom is 0.236 e. The van der Waals surface area contributed by atoms with Gasteiger partial charge in [-0.25, -0.2) is 4.39 Å². The second-order valence-electron chi connectivity index (χ2n) is 5.45. The maximum atomic E-state index is 13.2. The van der Waals surface area contributed by atoms with E-state index in [2.05, 4.69) is 5.32 Å². The van der Waals surface area contributed by atoms with Gasteiger partial charge < -0.3 is 10.2 Å². The van der Waals surface area contributed by atoms with Crippen LogP contribution in [0, 0.1) is 5.82 Å². The molecule has 0 saturated carbocycles. The average Bonchev–Trinajstić information content (AvgIpc) is 2.73. The molecule has 1 unspecified atom stereocenters. The minimum atomic E-state index is -0.241. The van der Waals surface area contributed by atoms with Crippen LogP contribution in [0.5, 0.6) is 0 Å². The minimum Gasteiger partial charge on any atom is -0.342 e. The third-order valence-electron chi connectivity index (χ3n) is 3.87.